The Morgan fingerprint density at radius 3 is 2.85 bits per heavy atom. The van der Waals surface area contributed by atoms with Crippen molar-refractivity contribution in [2.75, 3.05) is 31.2 Å². The van der Waals surface area contributed by atoms with Crippen molar-refractivity contribution in [1.82, 2.24) is 15.3 Å². The number of aromatic nitrogens is 2. The van der Waals surface area contributed by atoms with Crippen molar-refractivity contribution in [3.63, 3.8) is 0 Å². The summed E-state index contributed by atoms with van der Waals surface area (Å²) in [5, 5.41) is 3.06. The molecule has 0 spiro atoms. The second-order valence-corrected chi connectivity index (χ2v) is 6.89. The van der Waals surface area contributed by atoms with Gasteiger partial charge < -0.3 is 15.0 Å². The third-order valence-electron chi connectivity index (χ3n) is 5.21. The predicted molar refractivity (Wildman–Crippen MR) is 98.9 cm³/mol. The number of nitrogens with zero attached hydrogens (tertiary/aromatic N) is 3. The van der Waals surface area contributed by atoms with E-state index in [1.807, 2.05) is 12.1 Å². The largest absolute Gasteiger partial charge is 0.378 e. The molecule has 6 nitrogen and oxygen atoms in total. The van der Waals surface area contributed by atoms with Crippen LogP contribution in [0.5, 0.6) is 0 Å². The number of anilines is 1. The molecule has 26 heavy (non-hydrogen) atoms. The monoisotopic (exact) mass is 352 g/mol. The molecule has 1 aliphatic heterocycles. The number of fused-ring (bicyclic) bond motifs is 1. The number of hydrogen-bond donors (Lipinski definition) is 1. The zero-order chi connectivity index (χ0) is 17.8. The van der Waals surface area contributed by atoms with Crippen molar-refractivity contribution in [1.29, 1.82) is 0 Å². The molecule has 2 aliphatic rings. The first-order valence-electron chi connectivity index (χ1n) is 9.28. The van der Waals surface area contributed by atoms with E-state index in [0.29, 0.717) is 6.54 Å². The average molecular weight is 352 g/mol. The number of amides is 1. The van der Waals surface area contributed by atoms with Crippen molar-refractivity contribution in [3.05, 3.63) is 53.5 Å². The summed E-state index contributed by atoms with van der Waals surface area (Å²) in [7, 11) is 0. The van der Waals surface area contributed by atoms with Crippen LogP contribution in [0.25, 0.3) is 0 Å². The van der Waals surface area contributed by atoms with E-state index < -0.39 is 0 Å². The molecule has 0 radical (unpaired) electrons. The Balaban J connectivity index is 1.35. The minimum absolute atomic E-state index is 0.0467. The number of hydrogen-bond acceptors (Lipinski definition) is 5. The van der Waals surface area contributed by atoms with E-state index in [9.17, 15) is 4.79 Å². The van der Waals surface area contributed by atoms with Crippen molar-refractivity contribution in [2.24, 2.45) is 5.92 Å². The highest BCUT2D eigenvalue weighted by Gasteiger charge is 2.24. The zero-order valence-corrected chi connectivity index (χ0v) is 14.9. The van der Waals surface area contributed by atoms with Gasteiger partial charge in [0.2, 0.25) is 5.91 Å². The summed E-state index contributed by atoms with van der Waals surface area (Å²) in [6.07, 6.45) is 4.28. The molecule has 1 atom stereocenters. The fourth-order valence-corrected chi connectivity index (χ4v) is 3.69. The predicted octanol–water partition coefficient (Wildman–Crippen LogP) is 1.73. The number of ether oxygens (including phenoxy) is 1. The molecule has 2 aromatic rings. The van der Waals surface area contributed by atoms with Crippen LogP contribution in [0.4, 0.5) is 5.82 Å². The van der Waals surface area contributed by atoms with Crippen molar-refractivity contribution >= 4 is 11.7 Å². The molecule has 0 unspecified atom stereocenters. The molecule has 6 heteroatoms. The Labute approximate surface area is 153 Å². The standard InChI is InChI=1S/C20H24N4O2/c25-20(17-6-5-15-3-1-2-4-16(15)11-17)21-13-18-12-19(23-14-22-18)24-7-9-26-10-8-24/h1-4,12,14,17H,5-11,13H2,(H,21,25)/t17-/m0/s1. The summed E-state index contributed by atoms with van der Waals surface area (Å²) < 4.78 is 5.38. The third-order valence-corrected chi connectivity index (χ3v) is 5.21. The number of carbonyl (C=O) groups excluding carboxylic acids is 1. The van der Waals surface area contributed by atoms with E-state index in [2.05, 4.69) is 38.4 Å². The topological polar surface area (TPSA) is 67.4 Å². The van der Waals surface area contributed by atoms with Crippen LogP contribution in [0.15, 0.2) is 36.7 Å². The van der Waals surface area contributed by atoms with Gasteiger partial charge in [0, 0.05) is 25.1 Å². The maximum atomic E-state index is 12.6. The molecule has 1 aromatic carbocycles. The minimum atomic E-state index is 0.0467. The van der Waals surface area contributed by atoms with Gasteiger partial charge in [-0.15, -0.1) is 0 Å². The average Bonchev–Trinajstić information content (AvgIpc) is 2.72. The van der Waals surface area contributed by atoms with Gasteiger partial charge in [0.05, 0.1) is 25.5 Å². The van der Waals surface area contributed by atoms with Crippen LogP contribution in [0.1, 0.15) is 23.2 Å². The number of aryl methyl sites for hydroxylation is 1. The van der Waals surface area contributed by atoms with Gasteiger partial charge in [-0.3, -0.25) is 4.79 Å². The Morgan fingerprint density at radius 1 is 1.19 bits per heavy atom. The van der Waals surface area contributed by atoms with E-state index in [0.717, 1.165) is 57.1 Å². The maximum Gasteiger partial charge on any atom is 0.223 e. The molecule has 1 N–H and O–H groups in total. The molecule has 1 aromatic heterocycles. The molecule has 2 heterocycles. The smallest absolute Gasteiger partial charge is 0.223 e. The summed E-state index contributed by atoms with van der Waals surface area (Å²) in [4.78, 5) is 23.4. The molecule has 0 bridgehead atoms. The van der Waals surface area contributed by atoms with Crippen LogP contribution in [-0.2, 0) is 28.9 Å². The van der Waals surface area contributed by atoms with E-state index in [1.54, 1.807) is 6.33 Å². The second kappa shape index (κ2) is 7.83. The summed E-state index contributed by atoms with van der Waals surface area (Å²) in [5.74, 6) is 1.07. The van der Waals surface area contributed by atoms with E-state index in [4.69, 9.17) is 4.74 Å². The van der Waals surface area contributed by atoms with Gasteiger partial charge in [-0.1, -0.05) is 24.3 Å². The molecule has 136 valence electrons. The quantitative estimate of drug-likeness (QED) is 0.908. The van der Waals surface area contributed by atoms with Gasteiger partial charge in [-0.05, 0) is 30.4 Å². The molecule has 1 amide bonds. The lowest BCUT2D eigenvalue weighted by Crippen LogP contribution is -2.37. The molecule has 0 saturated carbocycles. The van der Waals surface area contributed by atoms with E-state index in [-0.39, 0.29) is 11.8 Å². The van der Waals surface area contributed by atoms with Gasteiger partial charge in [0.1, 0.15) is 12.1 Å². The van der Waals surface area contributed by atoms with Crippen molar-refractivity contribution < 1.29 is 9.53 Å². The molecule has 1 saturated heterocycles. The maximum absolute atomic E-state index is 12.6. The second-order valence-electron chi connectivity index (χ2n) is 6.89. The summed E-state index contributed by atoms with van der Waals surface area (Å²) in [6, 6.07) is 10.4. The number of carbonyl (C=O) groups is 1. The SMILES string of the molecule is O=C(NCc1cc(N2CCOCC2)ncn1)[C@H]1CCc2ccccc2C1. The summed E-state index contributed by atoms with van der Waals surface area (Å²) in [6.45, 7) is 3.56. The van der Waals surface area contributed by atoms with Gasteiger partial charge in [0.25, 0.3) is 0 Å². The first-order chi connectivity index (χ1) is 12.8. The minimum Gasteiger partial charge on any atom is -0.378 e. The first-order valence-corrected chi connectivity index (χ1v) is 9.28. The number of benzene rings is 1. The van der Waals surface area contributed by atoms with E-state index in [1.165, 1.54) is 11.1 Å². The third kappa shape index (κ3) is 3.85. The Bertz CT molecular complexity index is 774. The fourth-order valence-electron chi connectivity index (χ4n) is 3.69. The lowest BCUT2D eigenvalue weighted by Gasteiger charge is -2.27. The molecule has 1 fully saturated rings. The van der Waals surface area contributed by atoms with E-state index >= 15 is 0 Å². The Morgan fingerprint density at radius 2 is 2.00 bits per heavy atom. The Hall–Kier alpha value is -2.47. The van der Waals surface area contributed by atoms with Crippen LogP contribution in [0.2, 0.25) is 0 Å². The fraction of sp³-hybridized carbons (Fsp3) is 0.450. The van der Waals surface area contributed by atoms with Gasteiger partial charge in [-0.25, -0.2) is 9.97 Å². The van der Waals surface area contributed by atoms with Crippen molar-refractivity contribution in [3.8, 4) is 0 Å². The number of nitrogens with one attached hydrogen (secondary N) is 1. The van der Waals surface area contributed by atoms with Crippen LogP contribution in [0, 0.1) is 5.92 Å². The lowest BCUT2D eigenvalue weighted by molar-refractivity contribution is -0.125. The number of morpholine rings is 1. The normalized spacial score (nSPS) is 19.7. The zero-order valence-electron chi connectivity index (χ0n) is 14.9. The van der Waals surface area contributed by atoms with Gasteiger partial charge in [0.15, 0.2) is 0 Å². The van der Waals surface area contributed by atoms with Crippen LogP contribution in [0.3, 0.4) is 0 Å². The van der Waals surface area contributed by atoms with Crippen LogP contribution in [-0.4, -0.2) is 42.2 Å². The lowest BCUT2D eigenvalue weighted by atomic mass is 9.83. The number of rotatable bonds is 4. The summed E-state index contributed by atoms with van der Waals surface area (Å²) >= 11 is 0. The Kier molecular flexibility index (Phi) is 5.11. The van der Waals surface area contributed by atoms with Crippen LogP contribution >= 0.6 is 0 Å². The van der Waals surface area contributed by atoms with Crippen LogP contribution < -0.4 is 10.2 Å². The van der Waals surface area contributed by atoms with Gasteiger partial charge >= 0.3 is 0 Å². The highest BCUT2D eigenvalue weighted by atomic mass is 16.5. The van der Waals surface area contributed by atoms with Gasteiger partial charge in [-0.2, -0.15) is 0 Å². The highest BCUT2D eigenvalue weighted by molar-refractivity contribution is 5.79. The highest BCUT2D eigenvalue weighted by Crippen LogP contribution is 2.25. The van der Waals surface area contributed by atoms with Crippen molar-refractivity contribution in [2.45, 2.75) is 25.8 Å². The summed E-state index contributed by atoms with van der Waals surface area (Å²) in [5.41, 5.74) is 3.52. The molecular weight excluding hydrogens is 328 g/mol. The first kappa shape index (κ1) is 17.0. The molecular formula is C20H24N4O2. The molecule has 1 aliphatic carbocycles. The molecule has 4 rings (SSSR count).